The molecule has 2 atom stereocenters. The fourth-order valence-electron chi connectivity index (χ4n) is 5.57. The van der Waals surface area contributed by atoms with Crippen molar-refractivity contribution in [3.05, 3.63) is 86.1 Å². The number of Topliss-reactive ketones (excluding diaryl/α,β-unsaturated/α-hetero) is 1. The maximum atomic E-state index is 13.6. The Balaban J connectivity index is 1.87. The number of benzene rings is 2. The number of aryl methyl sites for hydroxylation is 3. The lowest BCUT2D eigenvalue weighted by Gasteiger charge is -2.37. The average Bonchev–Trinajstić information content (AvgIpc) is 2.65. The first-order valence-corrected chi connectivity index (χ1v) is 12.7. The van der Waals surface area contributed by atoms with Crippen LogP contribution in [0.5, 0.6) is 5.75 Å². The van der Waals surface area contributed by atoms with Gasteiger partial charge in [-0.15, -0.1) is 0 Å². The Kier molecular flexibility index (Phi) is 5.53. The molecule has 0 spiro atoms. The molecule has 0 saturated carbocycles. The van der Waals surface area contributed by atoms with Crippen LogP contribution >= 0.6 is 0 Å². The van der Waals surface area contributed by atoms with Gasteiger partial charge in [0.15, 0.2) is 15.6 Å². The van der Waals surface area contributed by atoms with Gasteiger partial charge in [0.25, 0.3) is 0 Å². The van der Waals surface area contributed by atoms with E-state index in [1.165, 1.54) is 34.6 Å². The van der Waals surface area contributed by atoms with Crippen LogP contribution in [0.4, 0.5) is 0 Å². The highest BCUT2D eigenvalue weighted by molar-refractivity contribution is 7.94. The molecule has 1 aliphatic heterocycles. The summed E-state index contributed by atoms with van der Waals surface area (Å²) in [6, 6.07) is 10.8. The normalized spacial score (nSPS) is 21.5. The molecule has 0 saturated heterocycles. The molecule has 2 aliphatic rings. The number of allylic oxidation sites excluding steroid dienone is 4. The number of dihydropyridines is 1. The first-order valence-electron chi connectivity index (χ1n) is 10.8. The van der Waals surface area contributed by atoms with Crippen molar-refractivity contribution in [2.24, 2.45) is 0 Å². The van der Waals surface area contributed by atoms with Gasteiger partial charge in [0.05, 0.1) is 10.8 Å². The molecule has 4 rings (SSSR count). The molecule has 1 heterocycles. The van der Waals surface area contributed by atoms with Crippen LogP contribution in [0.15, 0.2) is 58.3 Å². The van der Waals surface area contributed by atoms with Gasteiger partial charge in [-0.2, -0.15) is 0 Å². The van der Waals surface area contributed by atoms with Crippen molar-refractivity contribution in [1.82, 2.24) is 5.32 Å². The summed E-state index contributed by atoms with van der Waals surface area (Å²) in [5.41, 5.74) is 7.16. The number of ketones is 1. The van der Waals surface area contributed by atoms with E-state index in [9.17, 15) is 18.3 Å². The van der Waals surface area contributed by atoms with Gasteiger partial charge < -0.3 is 10.4 Å². The monoisotopic (exact) mass is 451 g/mol. The summed E-state index contributed by atoms with van der Waals surface area (Å²) in [7, 11) is -3.59. The number of nitrogens with one attached hydrogen (secondary N) is 1. The number of rotatable bonds is 3. The van der Waals surface area contributed by atoms with E-state index in [0.717, 1.165) is 5.70 Å². The van der Waals surface area contributed by atoms with Crippen LogP contribution in [0.25, 0.3) is 0 Å². The van der Waals surface area contributed by atoms with E-state index >= 15 is 0 Å². The van der Waals surface area contributed by atoms with Gasteiger partial charge in [-0.25, -0.2) is 8.42 Å². The van der Waals surface area contributed by atoms with Crippen molar-refractivity contribution in [2.45, 2.75) is 52.4 Å². The second-order valence-corrected chi connectivity index (χ2v) is 11.1. The Morgan fingerprint density at radius 2 is 1.66 bits per heavy atom. The molecule has 6 heteroatoms. The molecule has 2 aromatic carbocycles. The highest BCUT2D eigenvalue weighted by Crippen LogP contribution is 2.47. The molecule has 32 heavy (non-hydrogen) atoms. The van der Waals surface area contributed by atoms with Gasteiger partial charge in [0, 0.05) is 29.6 Å². The van der Waals surface area contributed by atoms with Crippen LogP contribution in [0.1, 0.15) is 59.4 Å². The van der Waals surface area contributed by atoms with E-state index in [2.05, 4.69) is 38.2 Å². The SMILES string of the molecule is CC1=C(S(C)(=O)=O)C(c2cccc(O)c2)C2=C(CC(c3c(C)cc(C)cc3C)CC2=O)N1. The third-order valence-electron chi connectivity index (χ3n) is 6.52. The van der Waals surface area contributed by atoms with Gasteiger partial charge in [-0.05, 0) is 74.4 Å². The molecule has 5 nitrogen and oxygen atoms in total. The number of phenolic OH excluding ortho intramolecular Hbond substituents is 1. The number of carbonyl (C=O) groups excluding carboxylic acids is 1. The third-order valence-corrected chi connectivity index (χ3v) is 7.86. The summed E-state index contributed by atoms with van der Waals surface area (Å²) >= 11 is 0. The molecule has 2 unspecified atom stereocenters. The maximum Gasteiger partial charge on any atom is 0.174 e. The van der Waals surface area contributed by atoms with Crippen molar-refractivity contribution < 1.29 is 18.3 Å². The lowest BCUT2D eigenvalue weighted by atomic mass is 9.73. The molecule has 2 aromatic rings. The van der Waals surface area contributed by atoms with E-state index in [-0.39, 0.29) is 22.4 Å². The smallest absolute Gasteiger partial charge is 0.174 e. The Morgan fingerprint density at radius 1 is 1.00 bits per heavy atom. The number of hydrogen-bond donors (Lipinski definition) is 2. The van der Waals surface area contributed by atoms with Gasteiger partial charge >= 0.3 is 0 Å². The van der Waals surface area contributed by atoms with E-state index < -0.39 is 15.8 Å². The Morgan fingerprint density at radius 3 is 2.25 bits per heavy atom. The molecule has 0 aromatic heterocycles. The van der Waals surface area contributed by atoms with E-state index in [1.807, 2.05) is 0 Å². The second-order valence-electron chi connectivity index (χ2n) is 9.15. The quantitative estimate of drug-likeness (QED) is 0.708. The second kappa shape index (κ2) is 7.93. The first kappa shape index (κ1) is 22.3. The van der Waals surface area contributed by atoms with Gasteiger partial charge in [0.2, 0.25) is 0 Å². The minimum Gasteiger partial charge on any atom is -0.508 e. The van der Waals surface area contributed by atoms with Crippen LogP contribution < -0.4 is 5.32 Å². The number of hydrogen-bond acceptors (Lipinski definition) is 5. The fourth-order valence-corrected chi connectivity index (χ4v) is 6.86. The minimum atomic E-state index is -3.59. The predicted molar refractivity (Wildman–Crippen MR) is 126 cm³/mol. The van der Waals surface area contributed by atoms with Gasteiger partial charge in [0.1, 0.15) is 5.75 Å². The Bertz CT molecular complexity index is 1280. The summed E-state index contributed by atoms with van der Waals surface area (Å²) in [4.78, 5) is 13.8. The molecule has 168 valence electrons. The molecule has 0 radical (unpaired) electrons. The summed E-state index contributed by atoms with van der Waals surface area (Å²) < 4.78 is 25.5. The Labute approximate surface area is 189 Å². The van der Waals surface area contributed by atoms with Gasteiger partial charge in [-0.3, -0.25) is 4.79 Å². The highest BCUT2D eigenvalue weighted by atomic mass is 32.2. The molecule has 0 bridgehead atoms. The molecular formula is C26H29NO4S. The molecule has 1 aliphatic carbocycles. The van der Waals surface area contributed by atoms with Crippen LogP contribution in [0.2, 0.25) is 0 Å². The zero-order chi connectivity index (χ0) is 23.4. The van der Waals surface area contributed by atoms with Crippen molar-refractivity contribution in [1.29, 1.82) is 0 Å². The number of phenols is 1. The van der Waals surface area contributed by atoms with E-state index in [0.29, 0.717) is 29.7 Å². The van der Waals surface area contributed by atoms with Crippen LogP contribution in [0.3, 0.4) is 0 Å². The lowest BCUT2D eigenvalue weighted by Crippen LogP contribution is -2.35. The first-order chi connectivity index (χ1) is 15.0. The zero-order valence-electron chi connectivity index (χ0n) is 19.1. The zero-order valence-corrected chi connectivity index (χ0v) is 19.9. The average molecular weight is 452 g/mol. The van der Waals surface area contributed by atoms with Crippen molar-refractivity contribution in [3.63, 3.8) is 0 Å². The molecule has 0 amide bonds. The van der Waals surface area contributed by atoms with E-state index in [1.54, 1.807) is 25.1 Å². The summed E-state index contributed by atoms with van der Waals surface area (Å²) in [6.45, 7) is 7.98. The highest BCUT2D eigenvalue weighted by Gasteiger charge is 2.42. The summed E-state index contributed by atoms with van der Waals surface area (Å²) in [6.07, 6.45) is 2.14. The maximum absolute atomic E-state index is 13.6. The lowest BCUT2D eigenvalue weighted by molar-refractivity contribution is -0.116. The largest absolute Gasteiger partial charge is 0.508 e. The number of aromatic hydroxyl groups is 1. The topological polar surface area (TPSA) is 83.5 Å². The Hall–Kier alpha value is -2.86. The fraction of sp³-hybridized carbons (Fsp3) is 0.346. The minimum absolute atomic E-state index is 0.0340. The van der Waals surface area contributed by atoms with Crippen LogP contribution in [-0.2, 0) is 14.6 Å². The van der Waals surface area contributed by atoms with Crippen LogP contribution in [0, 0.1) is 20.8 Å². The van der Waals surface area contributed by atoms with Crippen molar-refractivity contribution in [3.8, 4) is 5.75 Å². The number of carbonyl (C=O) groups is 1. The van der Waals surface area contributed by atoms with E-state index in [4.69, 9.17) is 0 Å². The molecular weight excluding hydrogens is 422 g/mol. The van der Waals surface area contributed by atoms with Crippen molar-refractivity contribution in [2.75, 3.05) is 6.26 Å². The third kappa shape index (κ3) is 3.88. The molecule has 2 N–H and O–H groups in total. The molecule has 0 fully saturated rings. The summed E-state index contributed by atoms with van der Waals surface area (Å²) in [5, 5.41) is 13.3. The van der Waals surface area contributed by atoms with Crippen LogP contribution in [-0.4, -0.2) is 25.6 Å². The summed E-state index contributed by atoms with van der Waals surface area (Å²) in [5.74, 6) is -0.695. The number of sulfone groups is 1. The standard InChI is InChI=1S/C26H29NO4S/c1-14-9-15(2)23(16(3)10-14)19-12-21-25(22(29)13-19)24(18-7-6-8-20(28)11-18)26(17(4)27-21)32(5,30)31/h6-11,19,24,27-28H,12-13H2,1-5H3. The van der Waals surface area contributed by atoms with Crippen molar-refractivity contribution >= 4 is 15.6 Å². The predicted octanol–water partition coefficient (Wildman–Crippen LogP) is 4.68. The van der Waals surface area contributed by atoms with Gasteiger partial charge in [-0.1, -0.05) is 29.8 Å².